The van der Waals surface area contributed by atoms with Crippen LogP contribution >= 0.6 is 0 Å². The van der Waals surface area contributed by atoms with E-state index in [1.165, 1.54) is 18.2 Å². The lowest BCUT2D eigenvalue weighted by Crippen LogP contribution is -2.34. The van der Waals surface area contributed by atoms with E-state index in [4.69, 9.17) is 0 Å². The lowest BCUT2D eigenvalue weighted by atomic mass is 10.0. The molecule has 9 heteroatoms. The Bertz CT molecular complexity index is 1090. The van der Waals surface area contributed by atoms with Crippen LogP contribution in [0.2, 0.25) is 0 Å². The summed E-state index contributed by atoms with van der Waals surface area (Å²) in [5.74, 6) is -1.27. The van der Waals surface area contributed by atoms with Gasteiger partial charge in [-0.1, -0.05) is 0 Å². The standard InChI is InChI=1S/C22H24FN5O3/c1-13-19(12-17-16-11-15(23)5-6-18(16)25-21(17)29)24-14(2)20(13)22(30)28(26-31)10-9-27-7-3-4-8-27/h5-6,11-12,24H,3-4,7-10H2,1-2H3,(H,25,29)/b17-12-. The number of hydrogen-bond acceptors (Lipinski definition) is 5. The first-order valence-electron chi connectivity index (χ1n) is 10.3. The van der Waals surface area contributed by atoms with Crippen LogP contribution in [-0.4, -0.2) is 52.9 Å². The van der Waals surface area contributed by atoms with E-state index in [-0.39, 0.29) is 12.5 Å². The lowest BCUT2D eigenvalue weighted by Gasteiger charge is -2.19. The van der Waals surface area contributed by atoms with Gasteiger partial charge in [0.25, 0.3) is 11.8 Å². The van der Waals surface area contributed by atoms with Gasteiger partial charge in [-0.05, 0) is 69.6 Å². The smallest absolute Gasteiger partial charge is 0.278 e. The topological polar surface area (TPSA) is 97.9 Å². The van der Waals surface area contributed by atoms with E-state index in [1.54, 1.807) is 19.9 Å². The first-order valence-corrected chi connectivity index (χ1v) is 10.3. The highest BCUT2D eigenvalue weighted by molar-refractivity contribution is 6.34. The van der Waals surface area contributed by atoms with E-state index >= 15 is 0 Å². The number of nitrogens with one attached hydrogen (secondary N) is 2. The molecule has 0 bridgehead atoms. The number of carbonyl (C=O) groups is 2. The Morgan fingerprint density at radius 3 is 2.74 bits per heavy atom. The minimum absolute atomic E-state index is 0.220. The summed E-state index contributed by atoms with van der Waals surface area (Å²) in [7, 11) is 0. The van der Waals surface area contributed by atoms with Crippen LogP contribution in [0.3, 0.4) is 0 Å². The molecular formula is C22H24FN5O3. The minimum atomic E-state index is -0.479. The molecule has 0 aliphatic carbocycles. The van der Waals surface area contributed by atoms with Gasteiger partial charge in [0.15, 0.2) is 0 Å². The first kappa shape index (κ1) is 20.9. The molecule has 31 heavy (non-hydrogen) atoms. The molecule has 0 radical (unpaired) electrons. The Balaban J connectivity index is 1.61. The van der Waals surface area contributed by atoms with Gasteiger partial charge in [-0.25, -0.2) is 4.39 Å². The average Bonchev–Trinajstić information content (AvgIpc) is 3.42. The number of halogens is 1. The van der Waals surface area contributed by atoms with Crippen molar-refractivity contribution >= 4 is 29.2 Å². The number of amides is 2. The predicted octanol–water partition coefficient (Wildman–Crippen LogP) is 3.48. The molecule has 1 aromatic heterocycles. The van der Waals surface area contributed by atoms with Crippen molar-refractivity contribution in [2.75, 3.05) is 31.5 Å². The third-order valence-electron chi connectivity index (χ3n) is 5.90. The molecule has 0 spiro atoms. The molecule has 1 fully saturated rings. The summed E-state index contributed by atoms with van der Waals surface area (Å²) in [6.45, 7) is 6.22. The summed E-state index contributed by atoms with van der Waals surface area (Å²) in [4.78, 5) is 42.1. The van der Waals surface area contributed by atoms with E-state index in [9.17, 15) is 18.9 Å². The number of aromatic amines is 1. The maximum atomic E-state index is 13.7. The van der Waals surface area contributed by atoms with E-state index in [0.717, 1.165) is 30.9 Å². The number of nitrogens with zero attached hydrogens (tertiary/aromatic N) is 3. The Morgan fingerprint density at radius 2 is 2.03 bits per heavy atom. The van der Waals surface area contributed by atoms with Crippen molar-refractivity contribution in [3.63, 3.8) is 0 Å². The maximum absolute atomic E-state index is 13.7. The molecule has 3 heterocycles. The second kappa shape index (κ2) is 8.43. The van der Waals surface area contributed by atoms with E-state index < -0.39 is 11.7 Å². The molecule has 2 aliphatic rings. The molecule has 2 aliphatic heterocycles. The SMILES string of the molecule is Cc1[nH]c(/C=C2\C(=O)Nc3ccc(F)cc32)c(C)c1C(=O)N(CCN1CCCC1)N=O. The van der Waals surface area contributed by atoms with Crippen molar-refractivity contribution in [1.29, 1.82) is 0 Å². The van der Waals surface area contributed by atoms with E-state index in [1.807, 2.05) is 0 Å². The average molecular weight is 425 g/mol. The Labute approximate surface area is 179 Å². The number of aryl methyl sites for hydroxylation is 1. The van der Waals surface area contributed by atoms with Gasteiger partial charge in [-0.3, -0.25) is 9.59 Å². The fraction of sp³-hybridized carbons (Fsp3) is 0.364. The predicted molar refractivity (Wildman–Crippen MR) is 116 cm³/mol. The minimum Gasteiger partial charge on any atom is -0.358 e. The highest BCUT2D eigenvalue weighted by Crippen LogP contribution is 2.34. The van der Waals surface area contributed by atoms with Crippen LogP contribution in [0.25, 0.3) is 11.6 Å². The van der Waals surface area contributed by atoms with Gasteiger partial charge < -0.3 is 15.2 Å². The zero-order chi connectivity index (χ0) is 22.1. The van der Waals surface area contributed by atoms with Gasteiger partial charge in [0.05, 0.1) is 23.0 Å². The Hall–Kier alpha value is -3.33. The number of hydrogen-bond donors (Lipinski definition) is 2. The van der Waals surface area contributed by atoms with Gasteiger partial charge in [0.1, 0.15) is 5.82 Å². The van der Waals surface area contributed by atoms with Gasteiger partial charge in [0, 0.05) is 29.2 Å². The second-order valence-corrected chi connectivity index (χ2v) is 7.92. The van der Waals surface area contributed by atoms with Crippen LogP contribution in [0.15, 0.2) is 23.5 Å². The molecule has 1 saturated heterocycles. The zero-order valence-electron chi connectivity index (χ0n) is 17.5. The number of rotatable bonds is 6. The summed E-state index contributed by atoms with van der Waals surface area (Å²) >= 11 is 0. The molecule has 4 rings (SSSR count). The Morgan fingerprint density at radius 1 is 1.29 bits per heavy atom. The highest BCUT2D eigenvalue weighted by Gasteiger charge is 2.28. The highest BCUT2D eigenvalue weighted by atomic mass is 19.1. The number of fused-ring (bicyclic) bond motifs is 1. The molecule has 162 valence electrons. The largest absolute Gasteiger partial charge is 0.358 e. The van der Waals surface area contributed by atoms with Crippen LogP contribution in [0.4, 0.5) is 10.1 Å². The summed E-state index contributed by atoms with van der Waals surface area (Å²) in [5, 5.41) is 6.60. The molecule has 0 atom stereocenters. The summed E-state index contributed by atoms with van der Waals surface area (Å²) < 4.78 is 13.7. The van der Waals surface area contributed by atoms with Gasteiger partial charge >= 0.3 is 0 Å². The molecule has 8 nitrogen and oxygen atoms in total. The number of anilines is 1. The third-order valence-corrected chi connectivity index (χ3v) is 5.90. The van der Waals surface area contributed by atoms with Gasteiger partial charge in [0.2, 0.25) is 0 Å². The van der Waals surface area contributed by atoms with Crippen LogP contribution in [-0.2, 0) is 4.79 Å². The zero-order valence-corrected chi connectivity index (χ0v) is 17.5. The second-order valence-electron chi connectivity index (χ2n) is 7.92. The molecule has 2 N–H and O–H groups in total. The number of carbonyl (C=O) groups excluding carboxylic acids is 2. The van der Waals surface area contributed by atoms with Crippen molar-refractivity contribution in [1.82, 2.24) is 14.9 Å². The van der Waals surface area contributed by atoms with Crippen molar-refractivity contribution in [2.24, 2.45) is 5.29 Å². The van der Waals surface area contributed by atoms with Crippen LogP contribution in [0, 0.1) is 24.6 Å². The van der Waals surface area contributed by atoms with Gasteiger partial charge in [-0.2, -0.15) is 5.01 Å². The fourth-order valence-electron chi connectivity index (χ4n) is 4.24. The number of benzene rings is 1. The third kappa shape index (κ3) is 4.00. The van der Waals surface area contributed by atoms with Gasteiger partial charge in [-0.15, -0.1) is 4.91 Å². The monoisotopic (exact) mass is 425 g/mol. The van der Waals surface area contributed by atoms with Crippen molar-refractivity contribution in [2.45, 2.75) is 26.7 Å². The molecule has 2 amide bonds. The van der Waals surface area contributed by atoms with E-state index in [0.29, 0.717) is 45.9 Å². The summed E-state index contributed by atoms with van der Waals surface area (Å²) in [6.07, 6.45) is 3.84. The van der Waals surface area contributed by atoms with Crippen molar-refractivity contribution < 1.29 is 14.0 Å². The molecule has 1 aromatic carbocycles. The van der Waals surface area contributed by atoms with Crippen molar-refractivity contribution in [3.05, 3.63) is 57.0 Å². The molecular weight excluding hydrogens is 401 g/mol. The van der Waals surface area contributed by atoms with E-state index in [2.05, 4.69) is 20.5 Å². The first-order chi connectivity index (χ1) is 14.9. The molecule has 2 aromatic rings. The maximum Gasteiger partial charge on any atom is 0.278 e. The number of nitroso groups, excluding NO2 is 1. The van der Waals surface area contributed by atoms with Crippen LogP contribution in [0.5, 0.6) is 0 Å². The number of aromatic nitrogens is 1. The Kier molecular flexibility index (Phi) is 5.69. The van der Waals surface area contributed by atoms with Crippen LogP contribution in [0.1, 0.15) is 45.7 Å². The summed E-state index contributed by atoms with van der Waals surface area (Å²) in [6, 6.07) is 4.10. The summed E-state index contributed by atoms with van der Waals surface area (Å²) in [5.41, 5.74) is 3.38. The number of H-pyrrole nitrogens is 1. The fourth-order valence-corrected chi connectivity index (χ4v) is 4.24. The lowest BCUT2D eigenvalue weighted by molar-refractivity contribution is -0.110. The normalized spacial score (nSPS) is 17.1. The quantitative estimate of drug-likeness (QED) is 0.421. The van der Waals surface area contributed by atoms with Crippen molar-refractivity contribution in [3.8, 4) is 0 Å². The molecule has 0 saturated carbocycles. The van der Waals surface area contributed by atoms with Crippen LogP contribution < -0.4 is 5.32 Å². The molecule has 0 unspecified atom stereocenters. The number of likely N-dealkylation sites (tertiary alicyclic amines) is 1.